The van der Waals surface area contributed by atoms with Gasteiger partial charge in [0, 0.05) is 0 Å². The molecule has 0 aromatic heterocycles. The van der Waals surface area contributed by atoms with Gasteiger partial charge in [0.05, 0.1) is 19.3 Å². The fourth-order valence-corrected chi connectivity index (χ4v) is 1.15. The van der Waals surface area contributed by atoms with Gasteiger partial charge in [-0.1, -0.05) is 55.1 Å². The number of benzene rings is 1. The number of allylic oxidation sites excluding steroid dienone is 2. The molecule has 0 spiro atoms. The first-order chi connectivity index (χ1) is 7.36. The molecule has 2 nitrogen and oxygen atoms in total. The van der Waals surface area contributed by atoms with E-state index in [2.05, 4.69) is 6.58 Å². The van der Waals surface area contributed by atoms with Crippen molar-refractivity contribution in [3.8, 4) is 0 Å². The maximum absolute atomic E-state index is 9.02. The summed E-state index contributed by atoms with van der Waals surface area (Å²) in [6.45, 7) is 4.05. The van der Waals surface area contributed by atoms with Crippen molar-refractivity contribution in [2.75, 3.05) is 6.61 Å². The molecule has 0 saturated carbocycles. The van der Waals surface area contributed by atoms with Gasteiger partial charge in [0.15, 0.2) is 0 Å². The van der Waals surface area contributed by atoms with E-state index in [0.29, 0.717) is 6.61 Å². The third-order valence-electron chi connectivity index (χ3n) is 1.95. The molecule has 0 saturated heterocycles. The number of ether oxygens (including phenoxy) is 1. The van der Waals surface area contributed by atoms with Crippen molar-refractivity contribution in [1.82, 2.24) is 0 Å². The summed E-state index contributed by atoms with van der Waals surface area (Å²) in [5.74, 6) is 0. The molecule has 1 aromatic carbocycles. The zero-order valence-corrected chi connectivity index (χ0v) is 8.67. The van der Waals surface area contributed by atoms with Gasteiger partial charge in [-0.25, -0.2) is 0 Å². The summed E-state index contributed by atoms with van der Waals surface area (Å²) >= 11 is 0. The molecule has 1 rings (SSSR count). The van der Waals surface area contributed by atoms with Crippen LogP contribution in [0.15, 0.2) is 55.1 Å². The summed E-state index contributed by atoms with van der Waals surface area (Å²) in [6, 6.07) is 9.88. The van der Waals surface area contributed by atoms with Gasteiger partial charge in [0.25, 0.3) is 0 Å². The summed E-state index contributed by atoms with van der Waals surface area (Å²) in [5, 5.41) is 9.02. The Kier molecular flexibility index (Phi) is 5.44. The lowest BCUT2D eigenvalue weighted by Crippen LogP contribution is -2.14. The Bertz CT molecular complexity index is 304. The van der Waals surface area contributed by atoms with Gasteiger partial charge in [0.2, 0.25) is 0 Å². The molecule has 0 aliphatic heterocycles. The minimum atomic E-state index is -0.261. The second-order valence-electron chi connectivity index (χ2n) is 3.14. The van der Waals surface area contributed by atoms with E-state index in [1.807, 2.05) is 30.3 Å². The summed E-state index contributed by atoms with van der Waals surface area (Å²) in [4.78, 5) is 0. The van der Waals surface area contributed by atoms with E-state index >= 15 is 0 Å². The lowest BCUT2D eigenvalue weighted by molar-refractivity contribution is 0.0322. The van der Waals surface area contributed by atoms with E-state index in [1.54, 1.807) is 18.2 Å². The van der Waals surface area contributed by atoms with Crippen molar-refractivity contribution < 1.29 is 9.84 Å². The molecule has 1 aromatic rings. The van der Waals surface area contributed by atoms with E-state index < -0.39 is 0 Å². The summed E-state index contributed by atoms with van der Waals surface area (Å²) in [5.41, 5.74) is 1.10. The van der Waals surface area contributed by atoms with E-state index in [1.165, 1.54) is 0 Å². The third kappa shape index (κ3) is 4.58. The van der Waals surface area contributed by atoms with Gasteiger partial charge < -0.3 is 9.84 Å². The minimum Gasteiger partial charge on any atom is -0.393 e. The maximum Gasteiger partial charge on any atom is 0.0994 e. The predicted octanol–water partition coefficient (Wildman–Crippen LogP) is 2.31. The molecule has 0 radical (unpaired) electrons. The molecule has 0 heterocycles. The fraction of sp³-hybridized carbons (Fsp3) is 0.231. The van der Waals surface area contributed by atoms with Crippen LogP contribution in [0.4, 0.5) is 0 Å². The second kappa shape index (κ2) is 6.98. The SMILES string of the molecule is C=C/C=C/C(CO)OCc1ccccc1. The van der Waals surface area contributed by atoms with Crippen molar-refractivity contribution in [1.29, 1.82) is 0 Å². The molecular weight excluding hydrogens is 188 g/mol. The summed E-state index contributed by atoms with van der Waals surface area (Å²) in [6.07, 6.45) is 4.96. The monoisotopic (exact) mass is 204 g/mol. The fourth-order valence-electron chi connectivity index (χ4n) is 1.15. The lowest BCUT2D eigenvalue weighted by atomic mass is 10.2. The standard InChI is InChI=1S/C13H16O2/c1-2-3-9-13(10-14)15-11-12-7-5-4-6-8-12/h2-9,13-14H,1,10-11H2/b9-3+. The van der Waals surface area contributed by atoms with Gasteiger partial charge in [-0.15, -0.1) is 0 Å². The molecular formula is C13H16O2. The van der Waals surface area contributed by atoms with Crippen LogP contribution in [0.3, 0.4) is 0 Å². The highest BCUT2D eigenvalue weighted by atomic mass is 16.5. The van der Waals surface area contributed by atoms with Crippen LogP contribution in [-0.4, -0.2) is 17.8 Å². The predicted molar refractivity (Wildman–Crippen MR) is 61.4 cm³/mol. The summed E-state index contributed by atoms with van der Waals surface area (Å²) in [7, 11) is 0. The average molecular weight is 204 g/mol. The normalized spacial score (nSPS) is 12.9. The molecule has 0 aliphatic rings. The molecule has 0 fully saturated rings. The first-order valence-corrected chi connectivity index (χ1v) is 4.92. The third-order valence-corrected chi connectivity index (χ3v) is 1.95. The highest BCUT2D eigenvalue weighted by Gasteiger charge is 2.02. The minimum absolute atomic E-state index is 0.0167. The van der Waals surface area contributed by atoms with Crippen molar-refractivity contribution in [3.05, 3.63) is 60.7 Å². The highest BCUT2D eigenvalue weighted by molar-refractivity contribution is 5.13. The highest BCUT2D eigenvalue weighted by Crippen LogP contribution is 2.04. The first kappa shape index (κ1) is 11.7. The van der Waals surface area contributed by atoms with Crippen LogP contribution < -0.4 is 0 Å². The number of hydrogen-bond donors (Lipinski definition) is 1. The van der Waals surface area contributed by atoms with Crippen LogP contribution in [0.25, 0.3) is 0 Å². The summed E-state index contributed by atoms with van der Waals surface area (Å²) < 4.78 is 5.49. The van der Waals surface area contributed by atoms with Gasteiger partial charge in [-0.3, -0.25) is 0 Å². The molecule has 1 unspecified atom stereocenters. The Morgan fingerprint density at radius 2 is 2.07 bits per heavy atom. The Morgan fingerprint density at radius 1 is 1.33 bits per heavy atom. The maximum atomic E-state index is 9.02. The Hall–Kier alpha value is -1.38. The zero-order valence-electron chi connectivity index (χ0n) is 8.67. The largest absolute Gasteiger partial charge is 0.393 e. The number of aliphatic hydroxyl groups is 1. The van der Waals surface area contributed by atoms with E-state index in [4.69, 9.17) is 9.84 Å². The van der Waals surface area contributed by atoms with Crippen LogP contribution in [0.1, 0.15) is 5.56 Å². The lowest BCUT2D eigenvalue weighted by Gasteiger charge is -2.10. The van der Waals surface area contributed by atoms with Crippen molar-refractivity contribution in [2.45, 2.75) is 12.7 Å². The molecule has 80 valence electrons. The Morgan fingerprint density at radius 3 is 2.67 bits per heavy atom. The molecule has 1 N–H and O–H groups in total. The van der Waals surface area contributed by atoms with Crippen molar-refractivity contribution in [3.63, 3.8) is 0 Å². The van der Waals surface area contributed by atoms with Gasteiger partial charge in [-0.05, 0) is 5.56 Å². The second-order valence-corrected chi connectivity index (χ2v) is 3.14. The first-order valence-electron chi connectivity index (χ1n) is 4.92. The van der Waals surface area contributed by atoms with E-state index in [-0.39, 0.29) is 12.7 Å². The molecule has 0 bridgehead atoms. The number of rotatable bonds is 6. The Labute approximate surface area is 90.5 Å². The zero-order chi connectivity index (χ0) is 10.9. The molecule has 0 amide bonds. The number of aliphatic hydroxyl groups excluding tert-OH is 1. The van der Waals surface area contributed by atoms with Crippen LogP contribution in [0.2, 0.25) is 0 Å². The van der Waals surface area contributed by atoms with Crippen molar-refractivity contribution >= 4 is 0 Å². The van der Waals surface area contributed by atoms with Gasteiger partial charge in [0.1, 0.15) is 0 Å². The van der Waals surface area contributed by atoms with Crippen LogP contribution >= 0.6 is 0 Å². The molecule has 1 atom stereocenters. The number of hydrogen-bond acceptors (Lipinski definition) is 2. The molecule has 0 aliphatic carbocycles. The quantitative estimate of drug-likeness (QED) is 0.720. The molecule has 15 heavy (non-hydrogen) atoms. The smallest absolute Gasteiger partial charge is 0.0994 e. The van der Waals surface area contributed by atoms with Crippen LogP contribution in [-0.2, 0) is 11.3 Å². The van der Waals surface area contributed by atoms with Crippen molar-refractivity contribution in [2.24, 2.45) is 0 Å². The van der Waals surface area contributed by atoms with E-state index in [9.17, 15) is 0 Å². The van der Waals surface area contributed by atoms with Crippen LogP contribution in [0.5, 0.6) is 0 Å². The Balaban J connectivity index is 2.41. The van der Waals surface area contributed by atoms with E-state index in [0.717, 1.165) is 5.56 Å². The average Bonchev–Trinajstić information content (AvgIpc) is 2.31. The molecule has 2 heteroatoms. The van der Waals surface area contributed by atoms with Gasteiger partial charge in [-0.2, -0.15) is 0 Å². The topological polar surface area (TPSA) is 29.5 Å². The van der Waals surface area contributed by atoms with Crippen LogP contribution in [0, 0.1) is 0 Å². The van der Waals surface area contributed by atoms with Gasteiger partial charge >= 0.3 is 0 Å².